The summed E-state index contributed by atoms with van der Waals surface area (Å²) in [4.78, 5) is 47.8. The lowest BCUT2D eigenvalue weighted by Crippen LogP contribution is -2.52. The fraction of sp³-hybridized carbons (Fsp3) is 0.524. The standard InChI is InChI=1S/C21H28N6O4/c1-13-5-6-15-16(17(18(22)28)31-19(15)23-13)24-21(30)27-7-3-4-14(12-27)20(29)26-10-8-25(2)9-11-26/h5-6,14H,3-4,7-12H2,1-2H3,(H2,22,28)(H,24,30)/t14-/m1/s1. The van der Waals surface area contributed by atoms with Crippen molar-refractivity contribution in [3.05, 3.63) is 23.6 Å². The highest BCUT2D eigenvalue weighted by molar-refractivity contribution is 6.09. The van der Waals surface area contributed by atoms with E-state index in [-0.39, 0.29) is 35.0 Å². The van der Waals surface area contributed by atoms with Crippen LogP contribution in [0.1, 0.15) is 29.1 Å². The number of furan rings is 1. The molecule has 0 spiro atoms. The van der Waals surface area contributed by atoms with Gasteiger partial charge < -0.3 is 30.2 Å². The van der Waals surface area contributed by atoms with Gasteiger partial charge in [0, 0.05) is 45.0 Å². The molecule has 31 heavy (non-hydrogen) atoms. The van der Waals surface area contributed by atoms with Crippen LogP contribution < -0.4 is 11.1 Å². The lowest BCUT2D eigenvalue weighted by atomic mass is 9.96. The SMILES string of the molecule is Cc1ccc2c(NC(=O)N3CCC[C@@H](C(=O)N4CCN(C)CC4)C3)c(C(N)=O)oc2n1. The molecule has 166 valence electrons. The number of rotatable bonds is 3. The fourth-order valence-corrected chi connectivity index (χ4v) is 4.20. The van der Waals surface area contributed by atoms with E-state index in [1.807, 2.05) is 11.9 Å². The number of pyridine rings is 1. The van der Waals surface area contributed by atoms with Gasteiger partial charge in [0.2, 0.25) is 17.4 Å². The third-order valence-corrected chi connectivity index (χ3v) is 6.02. The highest BCUT2D eigenvalue weighted by Gasteiger charge is 2.33. The van der Waals surface area contributed by atoms with Crippen LogP contribution in [0.3, 0.4) is 0 Å². The third-order valence-electron chi connectivity index (χ3n) is 6.02. The molecule has 4 rings (SSSR count). The zero-order chi connectivity index (χ0) is 22.1. The molecule has 2 aliphatic rings. The molecule has 2 aromatic rings. The summed E-state index contributed by atoms with van der Waals surface area (Å²) >= 11 is 0. The molecular weight excluding hydrogens is 400 g/mol. The Labute approximate surface area is 180 Å². The van der Waals surface area contributed by atoms with E-state index in [1.165, 1.54) is 0 Å². The number of amides is 4. The maximum atomic E-state index is 13.0. The number of hydrogen-bond donors (Lipinski definition) is 2. The van der Waals surface area contributed by atoms with Crippen molar-refractivity contribution in [2.75, 3.05) is 51.6 Å². The summed E-state index contributed by atoms with van der Waals surface area (Å²) in [6.45, 7) is 5.84. The van der Waals surface area contributed by atoms with Crippen LogP contribution in [-0.2, 0) is 4.79 Å². The van der Waals surface area contributed by atoms with E-state index in [9.17, 15) is 14.4 Å². The predicted molar refractivity (Wildman–Crippen MR) is 115 cm³/mol. The number of nitrogens with two attached hydrogens (primary N) is 1. The average Bonchev–Trinajstić information content (AvgIpc) is 3.11. The minimum Gasteiger partial charge on any atom is -0.430 e. The summed E-state index contributed by atoms with van der Waals surface area (Å²) in [5.74, 6) is -1.03. The molecule has 0 aromatic carbocycles. The van der Waals surface area contributed by atoms with Gasteiger partial charge in [0.25, 0.3) is 5.91 Å². The Balaban J connectivity index is 1.48. The van der Waals surface area contributed by atoms with Crippen molar-refractivity contribution >= 4 is 34.6 Å². The van der Waals surface area contributed by atoms with E-state index in [0.717, 1.165) is 31.6 Å². The smallest absolute Gasteiger partial charge is 0.321 e. The first-order valence-electron chi connectivity index (χ1n) is 10.6. The third kappa shape index (κ3) is 4.34. The summed E-state index contributed by atoms with van der Waals surface area (Å²) in [6, 6.07) is 3.12. The van der Waals surface area contributed by atoms with Gasteiger partial charge in [0.1, 0.15) is 5.69 Å². The topological polar surface area (TPSA) is 125 Å². The van der Waals surface area contributed by atoms with E-state index in [4.69, 9.17) is 10.2 Å². The molecule has 2 saturated heterocycles. The van der Waals surface area contributed by atoms with Crippen molar-refractivity contribution in [3.8, 4) is 0 Å². The highest BCUT2D eigenvalue weighted by Crippen LogP contribution is 2.30. The van der Waals surface area contributed by atoms with Crippen LogP contribution in [0.4, 0.5) is 10.5 Å². The quantitative estimate of drug-likeness (QED) is 0.758. The van der Waals surface area contributed by atoms with Gasteiger partial charge in [-0.3, -0.25) is 9.59 Å². The van der Waals surface area contributed by atoms with Gasteiger partial charge >= 0.3 is 6.03 Å². The molecule has 4 heterocycles. The molecule has 3 N–H and O–H groups in total. The van der Waals surface area contributed by atoms with Gasteiger partial charge in [-0.1, -0.05) is 0 Å². The van der Waals surface area contributed by atoms with Gasteiger partial charge in [0.15, 0.2) is 0 Å². The number of primary amides is 1. The molecule has 0 bridgehead atoms. The Morgan fingerprint density at radius 3 is 2.58 bits per heavy atom. The molecule has 0 saturated carbocycles. The highest BCUT2D eigenvalue weighted by atomic mass is 16.4. The zero-order valence-corrected chi connectivity index (χ0v) is 17.9. The van der Waals surface area contributed by atoms with Crippen LogP contribution in [0.15, 0.2) is 16.5 Å². The minimum atomic E-state index is -0.785. The van der Waals surface area contributed by atoms with E-state index in [0.29, 0.717) is 31.6 Å². The van der Waals surface area contributed by atoms with Gasteiger partial charge in [-0.05, 0) is 38.9 Å². The number of anilines is 1. The normalized spacial score (nSPS) is 20.1. The first-order valence-corrected chi connectivity index (χ1v) is 10.6. The number of nitrogens with zero attached hydrogens (tertiary/aromatic N) is 4. The van der Waals surface area contributed by atoms with Gasteiger partial charge in [-0.25, -0.2) is 9.78 Å². The van der Waals surface area contributed by atoms with Crippen molar-refractivity contribution in [3.63, 3.8) is 0 Å². The molecule has 2 aliphatic heterocycles. The number of piperidine rings is 1. The molecular formula is C21H28N6O4. The van der Waals surface area contributed by atoms with Crippen molar-refractivity contribution in [1.29, 1.82) is 0 Å². The molecule has 10 heteroatoms. The number of likely N-dealkylation sites (tertiary alicyclic amines) is 1. The van der Waals surface area contributed by atoms with Gasteiger partial charge in [0.05, 0.1) is 11.3 Å². The molecule has 0 unspecified atom stereocenters. The number of aromatic nitrogens is 1. The van der Waals surface area contributed by atoms with Crippen molar-refractivity contribution in [2.24, 2.45) is 11.7 Å². The number of piperazine rings is 1. The monoisotopic (exact) mass is 428 g/mol. The van der Waals surface area contributed by atoms with Crippen LogP contribution in [-0.4, -0.2) is 83.8 Å². The molecule has 10 nitrogen and oxygen atoms in total. The number of likely N-dealkylation sites (N-methyl/N-ethyl adjacent to an activating group) is 1. The second-order valence-electron chi connectivity index (χ2n) is 8.32. The second kappa shape index (κ2) is 8.54. The molecule has 2 aromatic heterocycles. The second-order valence-corrected chi connectivity index (χ2v) is 8.32. The summed E-state index contributed by atoms with van der Waals surface area (Å²) in [6.07, 6.45) is 1.51. The molecule has 1 atom stereocenters. The average molecular weight is 428 g/mol. The molecule has 0 aliphatic carbocycles. The number of carbonyl (C=O) groups excluding carboxylic acids is 3. The van der Waals surface area contributed by atoms with Gasteiger partial charge in [-0.15, -0.1) is 0 Å². The number of carbonyl (C=O) groups is 3. The lowest BCUT2D eigenvalue weighted by Gasteiger charge is -2.38. The Bertz CT molecular complexity index is 1010. The summed E-state index contributed by atoms with van der Waals surface area (Å²) < 4.78 is 5.49. The van der Waals surface area contributed by atoms with Crippen molar-refractivity contribution in [1.82, 2.24) is 19.7 Å². The Hall–Kier alpha value is -3.14. The minimum absolute atomic E-state index is 0.108. The number of urea groups is 1. The van der Waals surface area contributed by atoms with Crippen LogP contribution in [0.25, 0.3) is 11.1 Å². The van der Waals surface area contributed by atoms with E-state index < -0.39 is 5.91 Å². The lowest BCUT2D eigenvalue weighted by molar-refractivity contribution is -0.138. The number of aryl methyl sites for hydroxylation is 1. The molecule has 4 amide bonds. The molecule has 0 radical (unpaired) electrons. The predicted octanol–water partition coefficient (Wildman–Crippen LogP) is 1.25. The Kier molecular flexibility index (Phi) is 5.81. The maximum absolute atomic E-state index is 13.0. The van der Waals surface area contributed by atoms with Gasteiger partial charge in [-0.2, -0.15) is 0 Å². The van der Waals surface area contributed by atoms with Crippen LogP contribution >= 0.6 is 0 Å². The van der Waals surface area contributed by atoms with Crippen LogP contribution in [0, 0.1) is 12.8 Å². The largest absolute Gasteiger partial charge is 0.430 e. The summed E-state index contributed by atoms with van der Waals surface area (Å²) in [5, 5.41) is 3.28. The molecule has 2 fully saturated rings. The zero-order valence-electron chi connectivity index (χ0n) is 17.9. The number of hydrogen-bond acceptors (Lipinski definition) is 6. The van der Waals surface area contributed by atoms with Crippen molar-refractivity contribution < 1.29 is 18.8 Å². The van der Waals surface area contributed by atoms with Crippen LogP contribution in [0.2, 0.25) is 0 Å². The number of nitrogens with one attached hydrogen (secondary N) is 1. The van der Waals surface area contributed by atoms with E-state index in [1.54, 1.807) is 24.0 Å². The van der Waals surface area contributed by atoms with Crippen LogP contribution in [0.5, 0.6) is 0 Å². The summed E-state index contributed by atoms with van der Waals surface area (Å²) in [7, 11) is 2.05. The first kappa shape index (κ1) is 21.1. The summed E-state index contributed by atoms with van der Waals surface area (Å²) in [5.41, 5.74) is 6.62. The number of fused-ring (bicyclic) bond motifs is 1. The fourth-order valence-electron chi connectivity index (χ4n) is 4.20. The maximum Gasteiger partial charge on any atom is 0.321 e. The van der Waals surface area contributed by atoms with Crippen molar-refractivity contribution in [2.45, 2.75) is 19.8 Å². The Morgan fingerprint density at radius 2 is 1.87 bits per heavy atom. The Morgan fingerprint density at radius 1 is 1.13 bits per heavy atom. The van der Waals surface area contributed by atoms with E-state index in [2.05, 4.69) is 15.2 Å². The first-order chi connectivity index (χ1) is 14.8. The van der Waals surface area contributed by atoms with E-state index >= 15 is 0 Å².